The fourth-order valence-corrected chi connectivity index (χ4v) is 1.91. The van der Waals surface area contributed by atoms with Crippen LogP contribution in [0, 0.1) is 0 Å². The molecule has 100 valence electrons. The molecule has 0 bridgehead atoms. The van der Waals surface area contributed by atoms with Crippen LogP contribution >= 0.6 is 0 Å². The number of rotatable bonds is 5. The molecule has 1 aromatic rings. The smallest absolute Gasteiger partial charge is 0.238 e. The summed E-state index contributed by atoms with van der Waals surface area (Å²) in [6.07, 6.45) is -3.06. The lowest BCUT2D eigenvalue weighted by atomic mass is 10.0. The van der Waals surface area contributed by atoms with Crippen LogP contribution in [-0.4, -0.2) is 30.6 Å². The molecule has 0 aliphatic heterocycles. The fraction of sp³-hybridized carbons (Fsp3) is 0.300. The summed E-state index contributed by atoms with van der Waals surface area (Å²) < 4.78 is 22.0. The van der Waals surface area contributed by atoms with Crippen molar-refractivity contribution in [1.29, 1.82) is 0 Å². The molecule has 1 rings (SSSR count). The summed E-state index contributed by atoms with van der Waals surface area (Å²) in [7, 11) is -3.80. The molecule has 18 heavy (non-hydrogen) atoms. The molecule has 0 aliphatic rings. The Morgan fingerprint density at radius 2 is 1.72 bits per heavy atom. The molecule has 2 unspecified atom stereocenters. The van der Waals surface area contributed by atoms with Gasteiger partial charge in [0.15, 0.2) is 0 Å². The van der Waals surface area contributed by atoms with Crippen molar-refractivity contribution in [3.8, 4) is 0 Å². The van der Waals surface area contributed by atoms with Gasteiger partial charge in [-0.05, 0) is 17.7 Å². The van der Waals surface area contributed by atoms with Crippen molar-refractivity contribution in [2.75, 3.05) is 0 Å². The van der Waals surface area contributed by atoms with E-state index in [9.17, 15) is 23.4 Å². The molecule has 0 fully saturated rings. The van der Waals surface area contributed by atoms with Crippen LogP contribution in [0.4, 0.5) is 0 Å². The number of nitrogens with two attached hydrogens (primary N) is 2. The highest BCUT2D eigenvalue weighted by atomic mass is 32.2. The van der Waals surface area contributed by atoms with Crippen molar-refractivity contribution in [3.63, 3.8) is 0 Å². The predicted molar refractivity (Wildman–Crippen MR) is 62.6 cm³/mol. The Kier molecular flexibility index (Phi) is 4.41. The quantitative estimate of drug-likeness (QED) is 0.522. The van der Waals surface area contributed by atoms with Gasteiger partial charge >= 0.3 is 0 Å². The average molecular weight is 274 g/mol. The Morgan fingerprint density at radius 3 is 2.11 bits per heavy atom. The van der Waals surface area contributed by atoms with Crippen molar-refractivity contribution in [2.45, 2.75) is 23.5 Å². The lowest BCUT2D eigenvalue weighted by Gasteiger charge is -2.16. The summed E-state index contributed by atoms with van der Waals surface area (Å²) in [6, 6.07) is 5.00. The number of hydrogen-bond acceptors (Lipinski definition) is 5. The molecule has 8 heteroatoms. The van der Waals surface area contributed by atoms with E-state index in [1.54, 1.807) is 0 Å². The molecule has 6 N–H and O–H groups in total. The van der Waals surface area contributed by atoms with Crippen LogP contribution in [0.2, 0.25) is 0 Å². The van der Waals surface area contributed by atoms with Crippen molar-refractivity contribution in [2.24, 2.45) is 10.9 Å². The molecule has 0 heterocycles. The standard InChI is InChI=1S/C10H14N2O5S/c11-9(14)5-8(13)10(15)6-1-3-7(4-2-6)18(12,16)17/h1-4,8,10,13,15H,5H2,(H2,11,14)(H2,12,16,17). The Morgan fingerprint density at radius 1 is 1.22 bits per heavy atom. The van der Waals surface area contributed by atoms with Gasteiger partial charge in [-0.1, -0.05) is 12.1 Å². The number of primary sulfonamides is 1. The minimum Gasteiger partial charge on any atom is -0.390 e. The highest BCUT2D eigenvalue weighted by Crippen LogP contribution is 2.20. The summed E-state index contributed by atoms with van der Waals surface area (Å²) >= 11 is 0. The topological polar surface area (TPSA) is 144 Å². The second-order valence-corrected chi connectivity index (χ2v) is 5.36. The fourth-order valence-electron chi connectivity index (χ4n) is 1.39. The van der Waals surface area contributed by atoms with Gasteiger partial charge in [-0.2, -0.15) is 0 Å². The SMILES string of the molecule is NC(=O)CC(O)C(O)c1ccc(S(N)(=O)=O)cc1. The van der Waals surface area contributed by atoms with Gasteiger partial charge in [-0.15, -0.1) is 0 Å². The first-order chi connectivity index (χ1) is 8.21. The predicted octanol–water partition coefficient (Wildman–Crippen LogP) is -1.40. The second-order valence-electron chi connectivity index (χ2n) is 3.80. The number of carbonyl (C=O) groups excluding carboxylic acids is 1. The number of hydrogen-bond donors (Lipinski definition) is 4. The zero-order chi connectivity index (χ0) is 13.9. The molecule has 2 atom stereocenters. The van der Waals surface area contributed by atoms with Gasteiger partial charge in [-0.3, -0.25) is 4.79 Å². The summed E-state index contributed by atoms with van der Waals surface area (Å²) in [5, 5.41) is 24.1. The molecule has 0 saturated carbocycles. The van der Waals surface area contributed by atoms with E-state index >= 15 is 0 Å². The summed E-state index contributed by atoms with van der Waals surface area (Å²) in [4.78, 5) is 10.5. The highest BCUT2D eigenvalue weighted by molar-refractivity contribution is 7.89. The molecule has 7 nitrogen and oxygen atoms in total. The van der Waals surface area contributed by atoms with Crippen LogP contribution < -0.4 is 10.9 Å². The number of aliphatic hydroxyl groups excluding tert-OH is 2. The number of carbonyl (C=O) groups is 1. The van der Waals surface area contributed by atoms with E-state index in [-0.39, 0.29) is 10.5 Å². The molecule has 1 amide bonds. The molecule has 0 radical (unpaired) electrons. The van der Waals surface area contributed by atoms with Crippen LogP contribution in [0.15, 0.2) is 29.2 Å². The van der Waals surface area contributed by atoms with Crippen molar-refractivity contribution < 1.29 is 23.4 Å². The first kappa shape index (κ1) is 14.6. The maximum atomic E-state index is 11.0. The minimum absolute atomic E-state index is 0.108. The van der Waals surface area contributed by atoms with Gasteiger partial charge in [0.05, 0.1) is 17.4 Å². The van der Waals surface area contributed by atoms with E-state index in [4.69, 9.17) is 10.9 Å². The lowest BCUT2D eigenvalue weighted by Crippen LogP contribution is -2.25. The molecule has 0 aliphatic carbocycles. The van der Waals surface area contributed by atoms with Crippen molar-refractivity contribution >= 4 is 15.9 Å². The Hall–Kier alpha value is -1.48. The van der Waals surface area contributed by atoms with E-state index in [2.05, 4.69) is 0 Å². The number of amides is 1. The number of benzene rings is 1. The largest absolute Gasteiger partial charge is 0.390 e. The van der Waals surface area contributed by atoms with Gasteiger partial charge in [0, 0.05) is 0 Å². The van der Waals surface area contributed by atoms with E-state index in [0.29, 0.717) is 0 Å². The highest BCUT2D eigenvalue weighted by Gasteiger charge is 2.20. The van der Waals surface area contributed by atoms with Gasteiger partial charge in [0.25, 0.3) is 0 Å². The molecule has 1 aromatic carbocycles. The second kappa shape index (κ2) is 5.44. The summed E-state index contributed by atoms with van der Waals surface area (Å²) in [5.41, 5.74) is 5.14. The number of aliphatic hydroxyl groups is 2. The average Bonchev–Trinajstić information content (AvgIpc) is 2.26. The lowest BCUT2D eigenvalue weighted by molar-refractivity contribution is -0.121. The number of primary amides is 1. The van der Waals surface area contributed by atoms with E-state index in [1.807, 2.05) is 0 Å². The summed E-state index contributed by atoms with van der Waals surface area (Å²) in [6.45, 7) is 0. The Labute approximate surface area is 104 Å². The molecule has 0 aromatic heterocycles. The first-order valence-corrected chi connectivity index (χ1v) is 6.53. The Bertz CT molecular complexity index is 526. The Balaban J connectivity index is 2.88. The van der Waals surface area contributed by atoms with Crippen LogP contribution in [0.25, 0.3) is 0 Å². The van der Waals surface area contributed by atoms with Gasteiger partial charge in [-0.25, -0.2) is 13.6 Å². The maximum absolute atomic E-state index is 11.0. The van der Waals surface area contributed by atoms with Gasteiger partial charge < -0.3 is 15.9 Å². The zero-order valence-corrected chi connectivity index (χ0v) is 10.2. The van der Waals surface area contributed by atoms with E-state index < -0.39 is 34.6 Å². The van der Waals surface area contributed by atoms with Crippen LogP contribution in [0.1, 0.15) is 18.1 Å². The molecular weight excluding hydrogens is 260 g/mol. The number of sulfonamides is 1. The van der Waals surface area contributed by atoms with Crippen LogP contribution in [0.3, 0.4) is 0 Å². The molecule has 0 spiro atoms. The third-order valence-corrected chi connectivity index (χ3v) is 3.25. The van der Waals surface area contributed by atoms with Crippen molar-refractivity contribution in [1.82, 2.24) is 0 Å². The van der Waals surface area contributed by atoms with E-state index in [0.717, 1.165) is 0 Å². The monoisotopic (exact) mass is 274 g/mol. The molecule has 0 saturated heterocycles. The van der Waals surface area contributed by atoms with Crippen LogP contribution in [0.5, 0.6) is 0 Å². The minimum atomic E-state index is -3.80. The van der Waals surface area contributed by atoms with E-state index in [1.165, 1.54) is 24.3 Å². The maximum Gasteiger partial charge on any atom is 0.238 e. The van der Waals surface area contributed by atoms with Crippen LogP contribution in [-0.2, 0) is 14.8 Å². The normalized spacial score (nSPS) is 15.1. The molecular formula is C10H14N2O5S. The van der Waals surface area contributed by atoms with Gasteiger partial charge in [0.2, 0.25) is 15.9 Å². The third kappa shape index (κ3) is 3.77. The van der Waals surface area contributed by atoms with Crippen molar-refractivity contribution in [3.05, 3.63) is 29.8 Å². The van der Waals surface area contributed by atoms with Gasteiger partial charge in [0.1, 0.15) is 6.10 Å². The zero-order valence-electron chi connectivity index (χ0n) is 9.35. The third-order valence-electron chi connectivity index (χ3n) is 2.32. The first-order valence-electron chi connectivity index (χ1n) is 4.99. The summed E-state index contributed by atoms with van der Waals surface area (Å²) in [5.74, 6) is -0.747.